The van der Waals surface area contributed by atoms with Crippen LogP contribution in [0, 0.1) is 11.3 Å². The quantitative estimate of drug-likeness (QED) is 0.283. The summed E-state index contributed by atoms with van der Waals surface area (Å²) in [6.07, 6.45) is -1.72. The maximum Gasteiger partial charge on any atom is 0.335 e. The van der Waals surface area contributed by atoms with Crippen molar-refractivity contribution in [3.8, 4) is 6.07 Å². The Morgan fingerprint density at radius 3 is 2.38 bits per heavy atom. The van der Waals surface area contributed by atoms with Crippen molar-refractivity contribution < 1.29 is 26.9 Å². The number of aliphatic imine (C=N–C) groups is 1. The number of aliphatic hydroxyl groups is 1. The average molecular weight is 592 g/mol. The predicted molar refractivity (Wildman–Crippen MR) is 157 cm³/mol. The van der Waals surface area contributed by atoms with E-state index in [1.54, 1.807) is 19.0 Å². The Bertz CT molecular complexity index is 1400. The van der Waals surface area contributed by atoms with Crippen molar-refractivity contribution in [3.05, 3.63) is 24.1 Å². The number of aliphatic hydroxyl groups excluding tert-OH is 1. The lowest BCUT2D eigenvalue weighted by molar-refractivity contribution is -0.0678. The molecular weight excluding hydrogens is 545 g/mol. The smallest absolute Gasteiger partial charge is 0.335 e. The zero-order valence-corrected chi connectivity index (χ0v) is 27.0. The third kappa shape index (κ3) is 4.83. The maximum absolute atomic E-state index is 12.0. The van der Waals surface area contributed by atoms with Crippen molar-refractivity contribution >= 4 is 34.8 Å². The molecule has 40 heavy (non-hydrogen) atoms. The van der Waals surface area contributed by atoms with Gasteiger partial charge in [-0.05, 0) is 34.3 Å². The van der Waals surface area contributed by atoms with Crippen molar-refractivity contribution in [1.29, 1.82) is 5.26 Å². The summed E-state index contributed by atoms with van der Waals surface area (Å²) in [6, 6.07) is 3.43. The van der Waals surface area contributed by atoms with E-state index in [0.717, 1.165) is 0 Å². The molecule has 2 fully saturated rings. The largest absolute Gasteiger partial charge is 0.414 e. The number of rotatable bonds is 7. The fraction of sp³-hybridized carbons (Fsp3) is 0.704. The van der Waals surface area contributed by atoms with Crippen LogP contribution in [0.1, 0.15) is 65.2 Å². The Hall–Kier alpha value is -2.19. The Morgan fingerprint density at radius 1 is 1.20 bits per heavy atom. The van der Waals surface area contributed by atoms with Crippen LogP contribution in [0.2, 0.25) is 22.2 Å². The molecule has 2 saturated heterocycles. The van der Waals surface area contributed by atoms with Gasteiger partial charge in [-0.2, -0.15) is 10.4 Å². The molecule has 0 saturated carbocycles. The van der Waals surface area contributed by atoms with Gasteiger partial charge in [0, 0.05) is 14.1 Å². The van der Waals surface area contributed by atoms with Crippen molar-refractivity contribution in [2.24, 2.45) is 4.99 Å². The van der Waals surface area contributed by atoms with E-state index in [1.165, 1.54) is 23.2 Å². The summed E-state index contributed by atoms with van der Waals surface area (Å²) in [5.41, 5.74) is -2.41. The summed E-state index contributed by atoms with van der Waals surface area (Å²) < 4.78 is 55.2. The summed E-state index contributed by atoms with van der Waals surface area (Å²) in [5.74, 6) is 0.186. The van der Waals surface area contributed by atoms with Gasteiger partial charge in [-0.3, -0.25) is 0 Å². The molecule has 0 radical (unpaired) electrons. The number of nitrogens with zero attached hydrogens (tertiary/aromatic N) is 6. The van der Waals surface area contributed by atoms with Gasteiger partial charge in [0.25, 0.3) is 0 Å². The topological polar surface area (TPSA) is 127 Å². The van der Waals surface area contributed by atoms with E-state index in [-0.39, 0.29) is 45.2 Å². The van der Waals surface area contributed by atoms with E-state index in [1.807, 2.05) is 55.4 Å². The molecule has 11 nitrogen and oxygen atoms in total. The summed E-state index contributed by atoms with van der Waals surface area (Å²) in [6.45, 7) is 13.5. The maximum atomic E-state index is 12.0. The second-order valence-corrected chi connectivity index (χ2v) is 20.8. The van der Waals surface area contributed by atoms with Gasteiger partial charge in [0.2, 0.25) is 5.60 Å². The van der Waals surface area contributed by atoms with Crippen LogP contribution >= 0.6 is 0 Å². The lowest BCUT2D eigenvalue weighted by Crippen LogP contribution is -2.66. The zero-order valence-electron chi connectivity index (χ0n) is 28.0. The van der Waals surface area contributed by atoms with E-state index >= 15 is 0 Å². The monoisotopic (exact) mass is 591 g/mol. The van der Waals surface area contributed by atoms with Crippen LogP contribution in [0.4, 0.5) is 5.82 Å². The number of aromatic nitrogens is 3. The highest BCUT2D eigenvalue weighted by molar-refractivity contribution is 6.84. The van der Waals surface area contributed by atoms with E-state index in [4.69, 9.17) is 19.1 Å². The predicted octanol–water partition coefficient (Wildman–Crippen LogP) is 4.39. The van der Waals surface area contributed by atoms with Gasteiger partial charge in [0.05, 0.1) is 22.7 Å². The van der Waals surface area contributed by atoms with Crippen LogP contribution in [0.5, 0.6) is 0 Å². The van der Waals surface area contributed by atoms with Gasteiger partial charge in [0.1, 0.15) is 36.2 Å². The molecule has 13 heteroatoms. The summed E-state index contributed by atoms with van der Waals surface area (Å²) in [5, 5.41) is 27.0. The van der Waals surface area contributed by atoms with Gasteiger partial charge in [-0.15, -0.1) is 0 Å². The molecule has 220 valence electrons. The molecule has 0 spiro atoms. The number of nitriles is 1. The SMILES string of the molecule is [2H]c1cc([C@]2(C#N)O[C@H]3[C@@H](O[Si](C(C)C)(C(C)C)O[Si](C(C)C)(C(C)C)OC3([2H])[2H])[C@H]2O)n2ncnc(N=CN(C)C)c12. The second-order valence-electron chi connectivity index (χ2n) is 12.0. The number of ether oxygens (including phenoxy) is 1. The van der Waals surface area contributed by atoms with Gasteiger partial charge in [0.15, 0.2) is 5.82 Å². The molecule has 0 aromatic carbocycles. The highest BCUT2D eigenvalue weighted by Crippen LogP contribution is 2.50. The first-order chi connectivity index (χ1) is 19.9. The second kappa shape index (κ2) is 11.2. The van der Waals surface area contributed by atoms with Gasteiger partial charge in [-0.25, -0.2) is 14.5 Å². The highest BCUT2D eigenvalue weighted by Gasteiger charge is 2.65. The molecule has 2 aliphatic heterocycles. The number of fused-ring (bicyclic) bond motifs is 2. The average Bonchev–Trinajstić information content (AvgIpc) is 3.40. The highest BCUT2D eigenvalue weighted by atomic mass is 28.5. The van der Waals surface area contributed by atoms with Crippen LogP contribution in [-0.2, 0) is 23.3 Å². The minimum absolute atomic E-state index is 0.0378. The Balaban J connectivity index is 1.96. The molecule has 2 aromatic heterocycles. The van der Waals surface area contributed by atoms with Crippen molar-refractivity contribution in [1.82, 2.24) is 19.5 Å². The summed E-state index contributed by atoms with van der Waals surface area (Å²) in [7, 11) is -3.07. The minimum atomic E-state index is -3.36. The normalized spacial score (nSPS) is 30.8. The van der Waals surface area contributed by atoms with Gasteiger partial charge < -0.3 is 27.7 Å². The molecule has 2 aliphatic rings. The first-order valence-corrected chi connectivity index (χ1v) is 17.7. The lowest BCUT2D eigenvalue weighted by atomic mass is 9.92. The fourth-order valence-electron chi connectivity index (χ4n) is 5.66. The molecule has 4 rings (SSSR count). The van der Waals surface area contributed by atoms with Crippen LogP contribution in [0.25, 0.3) is 5.52 Å². The zero-order chi connectivity index (χ0) is 32.3. The van der Waals surface area contributed by atoms with Crippen LogP contribution in [0.15, 0.2) is 23.4 Å². The van der Waals surface area contributed by atoms with Crippen molar-refractivity contribution in [2.75, 3.05) is 20.7 Å². The summed E-state index contributed by atoms with van der Waals surface area (Å²) >= 11 is 0. The Kier molecular flexibility index (Phi) is 7.50. The molecule has 0 aliphatic carbocycles. The first kappa shape index (κ1) is 26.7. The van der Waals surface area contributed by atoms with E-state index in [9.17, 15) is 13.1 Å². The molecule has 2 aromatic rings. The Labute approximate surface area is 243 Å². The fourth-order valence-corrected chi connectivity index (χ4v) is 16.4. The number of hydrogen-bond donors (Lipinski definition) is 1. The molecular formula is C27H44N6O5Si2. The third-order valence-corrected chi connectivity index (χ3v) is 17.9. The molecule has 4 heterocycles. The van der Waals surface area contributed by atoms with E-state index in [2.05, 4.69) is 21.1 Å². The lowest BCUT2D eigenvalue weighted by Gasteiger charge is -2.51. The molecule has 0 bridgehead atoms. The molecule has 1 N–H and O–H groups in total. The molecule has 0 unspecified atom stereocenters. The Morgan fingerprint density at radius 2 is 1.82 bits per heavy atom. The van der Waals surface area contributed by atoms with Gasteiger partial charge >= 0.3 is 17.1 Å². The van der Waals surface area contributed by atoms with Crippen molar-refractivity contribution in [2.45, 2.75) is 101 Å². The van der Waals surface area contributed by atoms with Crippen LogP contribution in [-0.4, -0.2) is 87.0 Å². The minimum Gasteiger partial charge on any atom is -0.414 e. The van der Waals surface area contributed by atoms with Crippen LogP contribution in [0.3, 0.4) is 0 Å². The van der Waals surface area contributed by atoms with Gasteiger partial charge in [-0.1, -0.05) is 55.4 Å². The standard InChI is InChI=1S/C27H44N6O5Si2/c1-17(2)39(18(3)4)35-13-22-24(37-40(38-39,19(5)6)20(7)8)25(34)27(14-28,36-22)23-12-11-21-26(30-16-32(9)10)29-15-31-33(21)23/h11-12,15-20,22,24-25,34H,13H2,1-10H3/t22-,24-,25-,27+/m1/s1/i11D,13D2. The third-order valence-electron chi connectivity index (χ3n) is 7.83. The summed E-state index contributed by atoms with van der Waals surface area (Å²) in [4.78, 5) is 10.3. The molecule has 0 amide bonds. The van der Waals surface area contributed by atoms with E-state index < -0.39 is 47.6 Å². The molecule has 4 atom stereocenters. The van der Waals surface area contributed by atoms with Crippen molar-refractivity contribution in [3.63, 3.8) is 0 Å². The first-order valence-electron chi connectivity index (χ1n) is 15.3. The van der Waals surface area contributed by atoms with E-state index in [0.29, 0.717) is 0 Å². The number of hydrogen-bond acceptors (Lipinski definition) is 9. The van der Waals surface area contributed by atoms with Crippen LogP contribution < -0.4 is 0 Å².